The summed E-state index contributed by atoms with van der Waals surface area (Å²) in [7, 11) is 0. The molecule has 4 aromatic rings. The molecule has 30 heavy (non-hydrogen) atoms. The first kappa shape index (κ1) is 19.1. The van der Waals surface area contributed by atoms with Gasteiger partial charge in [-0.05, 0) is 43.4 Å². The molecule has 0 fully saturated rings. The second-order valence-corrected chi connectivity index (χ2v) is 8.35. The van der Waals surface area contributed by atoms with Crippen LogP contribution < -0.4 is 0 Å². The molecule has 2 aromatic heterocycles. The zero-order valence-electron chi connectivity index (χ0n) is 17.1. The summed E-state index contributed by atoms with van der Waals surface area (Å²) in [4.78, 5) is 13.3. The second-order valence-electron chi connectivity index (χ2n) is 7.92. The average molecular weight is 418 g/mol. The molecular weight excluding hydrogens is 394 g/mol. The van der Waals surface area contributed by atoms with Gasteiger partial charge < -0.3 is 4.57 Å². The smallest absolute Gasteiger partial charge is 0.181 e. The van der Waals surface area contributed by atoms with Gasteiger partial charge in [0.2, 0.25) is 0 Å². The number of hydrogen-bond donors (Lipinski definition) is 0. The van der Waals surface area contributed by atoms with E-state index in [0.29, 0.717) is 17.1 Å². The second kappa shape index (κ2) is 7.77. The minimum atomic E-state index is 0.147. The van der Waals surface area contributed by atoms with E-state index in [1.165, 1.54) is 5.56 Å². The molecule has 5 heteroatoms. The molecule has 1 aliphatic heterocycles. The van der Waals surface area contributed by atoms with Crippen LogP contribution in [0.25, 0.3) is 28.2 Å². The van der Waals surface area contributed by atoms with Gasteiger partial charge >= 0.3 is 0 Å². The van der Waals surface area contributed by atoms with Crippen molar-refractivity contribution in [2.45, 2.75) is 45.6 Å². The highest BCUT2D eigenvalue weighted by Crippen LogP contribution is 2.39. The Labute approximate surface area is 181 Å². The lowest BCUT2D eigenvalue weighted by Gasteiger charge is -2.08. The Bertz CT molecular complexity index is 1220. The van der Waals surface area contributed by atoms with Gasteiger partial charge in [-0.15, -0.1) is 5.10 Å². The van der Waals surface area contributed by atoms with Crippen molar-refractivity contribution in [2.24, 2.45) is 0 Å². The van der Waals surface area contributed by atoms with Crippen molar-refractivity contribution in [1.82, 2.24) is 14.2 Å². The van der Waals surface area contributed by atoms with Gasteiger partial charge in [0.05, 0.1) is 0 Å². The van der Waals surface area contributed by atoms with Gasteiger partial charge in [0, 0.05) is 34.7 Å². The first-order valence-corrected chi connectivity index (χ1v) is 11.1. The van der Waals surface area contributed by atoms with Gasteiger partial charge in [0.25, 0.3) is 0 Å². The normalized spacial score (nSPS) is 13.5. The quantitative estimate of drug-likeness (QED) is 0.350. The molecule has 1 aliphatic rings. The summed E-state index contributed by atoms with van der Waals surface area (Å²) in [6.45, 7) is 2.95. The summed E-state index contributed by atoms with van der Waals surface area (Å²) in [5.74, 6) is 1.08. The van der Waals surface area contributed by atoms with E-state index in [9.17, 15) is 4.79 Å². The lowest BCUT2D eigenvalue weighted by atomic mass is 9.96. The van der Waals surface area contributed by atoms with E-state index in [1.807, 2.05) is 53.9 Å². The van der Waals surface area contributed by atoms with Gasteiger partial charge in [-0.3, -0.25) is 4.79 Å². The zero-order chi connectivity index (χ0) is 20.7. The predicted octanol–water partition coefficient (Wildman–Crippen LogP) is 6.44. The number of benzene rings is 2. The molecule has 0 spiro atoms. The number of nitrogens with zero attached hydrogens (tertiary/aromatic N) is 3. The molecule has 152 valence electrons. The van der Waals surface area contributed by atoms with Gasteiger partial charge in [0.1, 0.15) is 11.3 Å². The van der Waals surface area contributed by atoms with Crippen LogP contribution in [0.5, 0.6) is 0 Å². The number of aryl methyl sites for hydroxylation is 2. The van der Waals surface area contributed by atoms with Crippen LogP contribution in [0.1, 0.15) is 48.7 Å². The maximum atomic E-state index is 13.3. The molecule has 0 amide bonds. The third kappa shape index (κ3) is 3.07. The van der Waals surface area contributed by atoms with Crippen LogP contribution in [0.4, 0.5) is 0 Å². The monoisotopic (exact) mass is 417 g/mol. The number of ketones is 1. The number of Topliss-reactive ketones (excluding diaryl/α,β-unsaturated/α-hetero) is 1. The van der Waals surface area contributed by atoms with Gasteiger partial charge in [-0.1, -0.05) is 61.0 Å². The molecule has 2 aromatic carbocycles. The number of carbonyl (C=O) groups is 1. The van der Waals surface area contributed by atoms with Crippen molar-refractivity contribution in [3.63, 3.8) is 0 Å². The van der Waals surface area contributed by atoms with Gasteiger partial charge in [-0.2, -0.15) is 0 Å². The first-order chi connectivity index (χ1) is 14.7. The molecule has 5 rings (SSSR count). The van der Waals surface area contributed by atoms with E-state index in [2.05, 4.69) is 16.7 Å². The summed E-state index contributed by atoms with van der Waals surface area (Å²) in [5, 5.41) is 5.69. The first-order valence-electron chi connectivity index (χ1n) is 10.7. The highest BCUT2D eigenvalue weighted by Gasteiger charge is 2.30. The van der Waals surface area contributed by atoms with Crippen molar-refractivity contribution in [3.8, 4) is 22.5 Å². The molecular formula is C25H24ClN3O. The molecule has 0 atom stereocenters. The highest BCUT2D eigenvalue weighted by atomic mass is 35.5. The van der Waals surface area contributed by atoms with E-state index in [1.54, 1.807) is 0 Å². The molecule has 0 saturated heterocycles. The molecule has 0 N–H and O–H groups in total. The fourth-order valence-electron chi connectivity index (χ4n) is 4.57. The van der Waals surface area contributed by atoms with Crippen LogP contribution >= 0.6 is 11.6 Å². The van der Waals surface area contributed by atoms with Gasteiger partial charge in [-0.25, -0.2) is 4.52 Å². The Morgan fingerprint density at radius 2 is 1.80 bits per heavy atom. The SMILES string of the molecule is CCCC(=O)c1c(-c2ccc(Cl)cc2)c2c3n(c(-c4ccccc4)nn13)CCCC2. The Balaban J connectivity index is 1.84. The van der Waals surface area contributed by atoms with Crippen LogP contribution in [0.2, 0.25) is 5.02 Å². The van der Waals surface area contributed by atoms with E-state index < -0.39 is 0 Å². The third-order valence-corrected chi connectivity index (χ3v) is 6.14. The number of carbonyl (C=O) groups excluding carboxylic acids is 1. The minimum absolute atomic E-state index is 0.147. The van der Waals surface area contributed by atoms with Crippen molar-refractivity contribution >= 4 is 23.0 Å². The number of aromatic nitrogens is 3. The van der Waals surface area contributed by atoms with Crippen molar-refractivity contribution in [1.29, 1.82) is 0 Å². The van der Waals surface area contributed by atoms with Crippen molar-refractivity contribution in [3.05, 3.63) is 70.9 Å². The number of hydrogen-bond acceptors (Lipinski definition) is 2. The Hall–Kier alpha value is -2.85. The zero-order valence-corrected chi connectivity index (χ0v) is 17.8. The Morgan fingerprint density at radius 3 is 2.53 bits per heavy atom. The van der Waals surface area contributed by atoms with Gasteiger partial charge in [0.15, 0.2) is 11.6 Å². The maximum Gasteiger partial charge on any atom is 0.181 e. The van der Waals surface area contributed by atoms with Crippen LogP contribution in [-0.2, 0) is 13.0 Å². The summed E-state index contributed by atoms with van der Waals surface area (Å²) in [5.41, 5.74) is 6.15. The van der Waals surface area contributed by atoms with Crippen molar-refractivity contribution < 1.29 is 4.79 Å². The van der Waals surface area contributed by atoms with Crippen LogP contribution in [-0.4, -0.2) is 20.0 Å². The summed E-state index contributed by atoms with van der Waals surface area (Å²) >= 11 is 6.14. The van der Waals surface area contributed by atoms with E-state index in [-0.39, 0.29) is 5.78 Å². The summed E-state index contributed by atoms with van der Waals surface area (Å²) in [6, 6.07) is 18.1. The largest absolute Gasteiger partial charge is 0.309 e. The standard InChI is InChI=1S/C25H24ClN3O/c1-2-8-21(30)23-22(17-12-14-19(26)15-13-17)20-11-6-7-16-28-24(27-29(23)25(20)28)18-9-4-3-5-10-18/h3-5,9-10,12-15H,2,6-8,11,16H2,1H3. The van der Waals surface area contributed by atoms with E-state index in [0.717, 1.165) is 60.4 Å². The maximum absolute atomic E-state index is 13.3. The Morgan fingerprint density at radius 1 is 1.03 bits per heavy atom. The van der Waals surface area contributed by atoms with E-state index in [4.69, 9.17) is 16.7 Å². The molecule has 4 nitrogen and oxygen atoms in total. The minimum Gasteiger partial charge on any atom is -0.309 e. The average Bonchev–Trinajstić information content (AvgIpc) is 3.18. The molecule has 0 unspecified atom stereocenters. The topological polar surface area (TPSA) is 39.3 Å². The predicted molar refractivity (Wildman–Crippen MR) is 121 cm³/mol. The fraction of sp³-hybridized carbons (Fsp3) is 0.280. The lowest BCUT2D eigenvalue weighted by molar-refractivity contribution is 0.0976. The fourth-order valence-corrected chi connectivity index (χ4v) is 4.70. The van der Waals surface area contributed by atoms with E-state index >= 15 is 0 Å². The third-order valence-electron chi connectivity index (χ3n) is 5.89. The molecule has 3 heterocycles. The lowest BCUT2D eigenvalue weighted by Crippen LogP contribution is -2.06. The highest BCUT2D eigenvalue weighted by molar-refractivity contribution is 6.30. The molecule has 0 aliphatic carbocycles. The van der Waals surface area contributed by atoms with Crippen LogP contribution in [0.3, 0.4) is 0 Å². The van der Waals surface area contributed by atoms with Crippen LogP contribution in [0.15, 0.2) is 54.6 Å². The van der Waals surface area contributed by atoms with Crippen LogP contribution in [0, 0.1) is 0 Å². The summed E-state index contributed by atoms with van der Waals surface area (Å²) < 4.78 is 4.23. The summed E-state index contributed by atoms with van der Waals surface area (Å²) in [6.07, 6.45) is 4.46. The van der Waals surface area contributed by atoms with Crippen molar-refractivity contribution in [2.75, 3.05) is 0 Å². The number of halogens is 1. The molecule has 0 saturated carbocycles. The molecule has 0 bridgehead atoms. The molecule has 0 radical (unpaired) electrons. The Kier molecular flexibility index (Phi) is 4.95. The number of rotatable bonds is 5.